The number of aromatic hydroxyl groups is 1. The average Bonchev–Trinajstić information content (AvgIpc) is 3.15. The molecule has 0 aliphatic heterocycles. The molecule has 1 atom stereocenters. The number of nitrogens with one attached hydrogen (secondary N) is 1. The number of rotatable bonds is 4. The minimum Gasteiger partial charge on any atom is -0.508 e. The predicted octanol–water partition coefficient (Wildman–Crippen LogP) is 6.50. The van der Waals surface area contributed by atoms with Crippen molar-refractivity contribution in [3.05, 3.63) is 102 Å². The van der Waals surface area contributed by atoms with E-state index in [0.29, 0.717) is 16.3 Å². The van der Waals surface area contributed by atoms with Crippen LogP contribution in [0.2, 0.25) is 0 Å². The molecule has 0 saturated carbocycles. The van der Waals surface area contributed by atoms with Gasteiger partial charge in [-0.2, -0.15) is 0 Å². The van der Waals surface area contributed by atoms with Gasteiger partial charge in [0.1, 0.15) is 11.6 Å². The molecule has 1 unspecified atom stereocenters. The maximum atomic E-state index is 14.8. The first kappa shape index (κ1) is 17.6. The predicted molar refractivity (Wildman–Crippen MR) is 117 cm³/mol. The number of halogens is 1. The number of nitrogens with zero attached hydrogens (tertiary/aromatic N) is 1. The van der Waals surface area contributed by atoms with Gasteiger partial charge in [0.15, 0.2) is 5.13 Å². The molecule has 0 saturated heterocycles. The number of phenols is 1. The fraction of sp³-hybridized carbons (Fsp3) is 0.0417. The van der Waals surface area contributed by atoms with Crippen molar-refractivity contribution in [3.8, 4) is 5.75 Å². The summed E-state index contributed by atoms with van der Waals surface area (Å²) in [7, 11) is 0. The van der Waals surface area contributed by atoms with Gasteiger partial charge in [-0.15, -0.1) is 0 Å². The first-order valence-electron chi connectivity index (χ1n) is 9.28. The van der Waals surface area contributed by atoms with Crippen LogP contribution in [0.1, 0.15) is 17.2 Å². The van der Waals surface area contributed by atoms with Crippen molar-refractivity contribution in [2.24, 2.45) is 0 Å². The van der Waals surface area contributed by atoms with E-state index in [1.54, 1.807) is 24.3 Å². The second-order valence-electron chi connectivity index (χ2n) is 6.81. The van der Waals surface area contributed by atoms with Gasteiger partial charge >= 0.3 is 0 Å². The third-order valence-corrected chi connectivity index (χ3v) is 5.98. The van der Waals surface area contributed by atoms with Gasteiger partial charge in [0, 0.05) is 11.1 Å². The van der Waals surface area contributed by atoms with E-state index in [2.05, 4.69) is 10.3 Å². The Labute approximate surface area is 171 Å². The lowest BCUT2D eigenvalue weighted by Gasteiger charge is -2.22. The largest absolute Gasteiger partial charge is 0.508 e. The van der Waals surface area contributed by atoms with Crippen molar-refractivity contribution < 1.29 is 9.50 Å². The first-order chi connectivity index (χ1) is 14.2. The molecular formula is C24H17FN2OS. The highest BCUT2D eigenvalue weighted by Crippen LogP contribution is 2.39. The van der Waals surface area contributed by atoms with Crippen molar-refractivity contribution in [3.63, 3.8) is 0 Å². The van der Waals surface area contributed by atoms with Crippen LogP contribution in [-0.2, 0) is 0 Å². The highest BCUT2D eigenvalue weighted by Gasteiger charge is 2.24. The molecule has 0 spiro atoms. The minimum absolute atomic E-state index is 0.116. The molecule has 0 radical (unpaired) electrons. The number of hydrogen-bond donors (Lipinski definition) is 2. The molecule has 29 heavy (non-hydrogen) atoms. The van der Waals surface area contributed by atoms with Gasteiger partial charge in [-0.25, -0.2) is 9.37 Å². The van der Waals surface area contributed by atoms with Crippen molar-refractivity contribution >= 4 is 37.5 Å². The Kier molecular flexibility index (Phi) is 4.37. The molecule has 5 rings (SSSR count). The summed E-state index contributed by atoms with van der Waals surface area (Å²) < 4.78 is 15.9. The zero-order chi connectivity index (χ0) is 19.8. The number of hydrogen-bond acceptors (Lipinski definition) is 4. The first-order valence-corrected chi connectivity index (χ1v) is 10.1. The van der Waals surface area contributed by atoms with E-state index in [-0.39, 0.29) is 11.6 Å². The monoisotopic (exact) mass is 400 g/mol. The van der Waals surface area contributed by atoms with Crippen molar-refractivity contribution in [2.45, 2.75) is 6.04 Å². The topological polar surface area (TPSA) is 45.1 Å². The van der Waals surface area contributed by atoms with Crippen LogP contribution >= 0.6 is 11.3 Å². The van der Waals surface area contributed by atoms with Crippen LogP contribution in [0, 0.1) is 5.82 Å². The number of anilines is 1. The zero-order valence-electron chi connectivity index (χ0n) is 15.3. The van der Waals surface area contributed by atoms with Crippen LogP contribution in [0.25, 0.3) is 21.0 Å². The van der Waals surface area contributed by atoms with Gasteiger partial charge in [-0.3, -0.25) is 0 Å². The maximum absolute atomic E-state index is 14.8. The SMILES string of the molecule is Oc1ccc2ccccc2c1C(Nc1nc2ccccc2s1)c1ccccc1F. The third kappa shape index (κ3) is 3.19. The Morgan fingerprint density at radius 1 is 0.862 bits per heavy atom. The molecule has 0 amide bonds. The molecule has 5 aromatic rings. The number of phenolic OH excluding ortho intramolecular Hbond substituents is 1. The molecular weight excluding hydrogens is 383 g/mol. The summed E-state index contributed by atoms with van der Waals surface area (Å²) in [6.07, 6.45) is 0. The van der Waals surface area contributed by atoms with E-state index in [1.165, 1.54) is 17.4 Å². The zero-order valence-corrected chi connectivity index (χ0v) is 16.2. The quantitative estimate of drug-likeness (QED) is 0.362. The molecule has 5 heteroatoms. The molecule has 3 nitrogen and oxygen atoms in total. The minimum atomic E-state index is -0.595. The molecule has 1 aromatic heterocycles. The summed E-state index contributed by atoms with van der Waals surface area (Å²) >= 11 is 1.51. The summed E-state index contributed by atoms with van der Waals surface area (Å²) in [4.78, 5) is 4.65. The van der Waals surface area contributed by atoms with Crippen LogP contribution < -0.4 is 5.32 Å². The number of benzene rings is 4. The average molecular weight is 400 g/mol. The van der Waals surface area contributed by atoms with Gasteiger partial charge in [-0.05, 0) is 35.0 Å². The Hall–Kier alpha value is -3.44. The van der Waals surface area contributed by atoms with Gasteiger partial charge < -0.3 is 10.4 Å². The van der Waals surface area contributed by atoms with Crippen LogP contribution in [0.3, 0.4) is 0 Å². The van der Waals surface area contributed by atoms with Gasteiger partial charge in [0.2, 0.25) is 0 Å². The second kappa shape index (κ2) is 7.18. The smallest absolute Gasteiger partial charge is 0.184 e. The summed E-state index contributed by atoms with van der Waals surface area (Å²) in [6.45, 7) is 0. The standard InChI is InChI=1S/C24H17FN2OS/c25-18-10-4-3-9-17(18)23(27-24-26-19-11-5-6-12-21(19)29-24)22-16-8-2-1-7-15(16)13-14-20(22)28/h1-14,23,28H,(H,26,27). The maximum Gasteiger partial charge on any atom is 0.184 e. The summed E-state index contributed by atoms with van der Waals surface area (Å²) in [5.41, 5.74) is 1.97. The Bertz CT molecular complexity index is 1300. The number of aromatic nitrogens is 1. The van der Waals surface area contributed by atoms with Crippen molar-refractivity contribution in [1.82, 2.24) is 4.98 Å². The highest BCUT2D eigenvalue weighted by atomic mass is 32.1. The molecule has 0 aliphatic rings. The molecule has 142 valence electrons. The van der Waals surface area contributed by atoms with Crippen LogP contribution in [0.5, 0.6) is 5.75 Å². The molecule has 0 fully saturated rings. The van der Waals surface area contributed by atoms with Crippen LogP contribution in [0.15, 0.2) is 84.9 Å². The highest BCUT2D eigenvalue weighted by molar-refractivity contribution is 7.22. The van der Waals surface area contributed by atoms with Crippen molar-refractivity contribution in [1.29, 1.82) is 0 Å². The number of thiazole rings is 1. The Balaban J connectivity index is 1.71. The van der Waals surface area contributed by atoms with Crippen molar-refractivity contribution in [2.75, 3.05) is 5.32 Å². The molecule has 4 aromatic carbocycles. The lowest BCUT2D eigenvalue weighted by molar-refractivity contribution is 0.467. The number of para-hydroxylation sites is 1. The Morgan fingerprint density at radius 2 is 1.62 bits per heavy atom. The van der Waals surface area contributed by atoms with Gasteiger partial charge in [0.25, 0.3) is 0 Å². The molecule has 2 N–H and O–H groups in total. The normalized spacial score (nSPS) is 12.3. The summed E-state index contributed by atoms with van der Waals surface area (Å²) in [5.74, 6) is -0.219. The van der Waals surface area contributed by atoms with Gasteiger partial charge in [-0.1, -0.05) is 72.0 Å². The van der Waals surface area contributed by atoms with E-state index in [0.717, 1.165) is 21.0 Å². The van der Waals surface area contributed by atoms with E-state index in [9.17, 15) is 9.50 Å². The fourth-order valence-corrected chi connectivity index (χ4v) is 4.55. The fourth-order valence-electron chi connectivity index (χ4n) is 3.66. The molecule has 0 aliphatic carbocycles. The van der Waals surface area contributed by atoms with Crippen LogP contribution in [-0.4, -0.2) is 10.1 Å². The third-order valence-electron chi connectivity index (χ3n) is 5.01. The second-order valence-corrected chi connectivity index (χ2v) is 7.84. The lowest BCUT2D eigenvalue weighted by Crippen LogP contribution is -2.14. The Morgan fingerprint density at radius 3 is 2.48 bits per heavy atom. The van der Waals surface area contributed by atoms with E-state index in [4.69, 9.17) is 0 Å². The molecule has 0 bridgehead atoms. The van der Waals surface area contributed by atoms with Gasteiger partial charge in [0.05, 0.1) is 16.3 Å². The lowest BCUT2D eigenvalue weighted by atomic mass is 9.92. The summed E-state index contributed by atoms with van der Waals surface area (Å²) in [5, 5.41) is 16.7. The summed E-state index contributed by atoms with van der Waals surface area (Å²) in [6, 6.07) is 25.2. The number of fused-ring (bicyclic) bond motifs is 2. The van der Waals surface area contributed by atoms with E-state index >= 15 is 0 Å². The molecule has 1 heterocycles. The van der Waals surface area contributed by atoms with E-state index in [1.807, 2.05) is 54.6 Å². The van der Waals surface area contributed by atoms with Crippen LogP contribution in [0.4, 0.5) is 9.52 Å². The van der Waals surface area contributed by atoms with E-state index < -0.39 is 6.04 Å².